The molecule has 2 aliphatic heterocycles. The molecule has 1 spiro atoms. The highest BCUT2D eigenvalue weighted by atomic mass is 28.4. The van der Waals surface area contributed by atoms with Crippen LogP contribution in [0.15, 0.2) is 0 Å². The van der Waals surface area contributed by atoms with Crippen LogP contribution >= 0.6 is 0 Å². The lowest BCUT2D eigenvalue weighted by molar-refractivity contribution is -0.173. The van der Waals surface area contributed by atoms with Gasteiger partial charge in [0.1, 0.15) is 5.60 Å². The molecule has 4 atom stereocenters. The Morgan fingerprint density at radius 2 is 1.72 bits per heavy atom. The fraction of sp³-hybridized carbons (Fsp3) is 0.875. The van der Waals surface area contributed by atoms with Crippen molar-refractivity contribution in [3.8, 4) is 0 Å². The van der Waals surface area contributed by atoms with Crippen molar-refractivity contribution in [3.63, 3.8) is 0 Å². The zero-order chi connectivity index (χ0) is 24.3. The highest BCUT2D eigenvalue weighted by molar-refractivity contribution is 6.74. The second-order valence-electron chi connectivity index (χ2n) is 12.0. The second kappa shape index (κ2) is 8.20. The highest BCUT2D eigenvalue weighted by Gasteiger charge is 2.61. The molecule has 0 aromatic rings. The number of nitrogens with one attached hydrogen (secondary N) is 1. The van der Waals surface area contributed by atoms with Crippen molar-refractivity contribution in [1.29, 1.82) is 0 Å². The number of ether oxygens (including phenoxy) is 1. The van der Waals surface area contributed by atoms with Gasteiger partial charge in [-0.15, -0.1) is 0 Å². The maximum absolute atomic E-state index is 13.7. The number of hydrogen-bond acceptors (Lipinski definition) is 5. The van der Waals surface area contributed by atoms with Crippen molar-refractivity contribution in [3.05, 3.63) is 0 Å². The van der Waals surface area contributed by atoms with Crippen LogP contribution in [0.3, 0.4) is 0 Å². The van der Waals surface area contributed by atoms with E-state index in [1.54, 1.807) is 13.8 Å². The number of imide groups is 1. The van der Waals surface area contributed by atoms with Crippen LogP contribution in [0.1, 0.15) is 80.6 Å². The summed E-state index contributed by atoms with van der Waals surface area (Å²) in [6.07, 6.45) is 4.00. The largest absolute Gasteiger partial charge is 0.413 e. The summed E-state index contributed by atoms with van der Waals surface area (Å²) in [4.78, 5) is 40.9. The Balaban J connectivity index is 1.80. The standard InChI is InChI=1S/C24H42N2O5Si/c1-15(18-17(19(27)25-18)16(2)30-32(8,9)22(3,4)5)20(28)26-21(29)23(6,7)31-24(26)13-11-10-12-14-24/h15-18H,10-14H2,1-9H3,(H,25,27)/t15-,16?,17-,18-/m1/s1. The summed E-state index contributed by atoms with van der Waals surface area (Å²) < 4.78 is 12.7. The Labute approximate surface area is 194 Å². The molecule has 2 saturated heterocycles. The monoisotopic (exact) mass is 466 g/mol. The molecule has 1 unspecified atom stereocenters. The SMILES string of the molecule is CC(O[Si](C)(C)C(C)(C)C)[C@H]1C(=O)N[C@@H]1[C@@H](C)C(=O)N1C(=O)C(C)(C)OC12CCCCC2. The normalized spacial score (nSPS) is 29.5. The molecule has 182 valence electrons. The molecule has 2 heterocycles. The third kappa shape index (κ3) is 4.18. The Morgan fingerprint density at radius 3 is 2.22 bits per heavy atom. The minimum atomic E-state index is -2.07. The van der Waals surface area contributed by atoms with E-state index in [4.69, 9.17) is 9.16 Å². The number of nitrogens with zero attached hydrogens (tertiary/aromatic N) is 1. The molecule has 3 fully saturated rings. The topological polar surface area (TPSA) is 84.9 Å². The van der Waals surface area contributed by atoms with Crippen LogP contribution in [0.25, 0.3) is 0 Å². The zero-order valence-electron chi connectivity index (χ0n) is 21.3. The number of hydrogen-bond donors (Lipinski definition) is 1. The number of β-lactam (4-membered cyclic amide) rings is 1. The average Bonchev–Trinajstić information content (AvgIpc) is 2.82. The molecule has 32 heavy (non-hydrogen) atoms. The van der Waals surface area contributed by atoms with E-state index in [1.165, 1.54) is 4.90 Å². The van der Waals surface area contributed by atoms with Gasteiger partial charge < -0.3 is 14.5 Å². The summed E-state index contributed by atoms with van der Waals surface area (Å²) in [5.41, 5.74) is -1.87. The molecule has 0 aromatic carbocycles. The van der Waals surface area contributed by atoms with Crippen molar-refractivity contribution in [2.45, 2.75) is 122 Å². The van der Waals surface area contributed by atoms with Crippen LogP contribution < -0.4 is 5.32 Å². The molecule has 0 radical (unpaired) electrons. The Hall–Kier alpha value is -1.25. The van der Waals surface area contributed by atoms with Crippen LogP contribution in [0.5, 0.6) is 0 Å². The quantitative estimate of drug-likeness (QED) is 0.489. The summed E-state index contributed by atoms with van der Waals surface area (Å²) in [6.45, 7) is 18.1. The number of carbonyl (C=O) groups is 3. The van der Waals surface area contributed by atoms with E-state index in [9.17, 15) is 14.4 Å². The predicted molar refractivity (Wildman–Crippen MR) is 125 cm³/mol. The molecule has 1 aliphatic carbocycles. The van der Waals surface area contributed by atoms with Gasteiger partial charge in [0, 0.05) is 0 Å². The van der Waals surface area contributed by atoms with Gasteiger partial charge in [-0.1, -0.05) is 34.1 Å². The first-order valence-corrected chi connectivity index (χ1v) is 15.0. The summed E-state index contributed by atoms with van der Waals surface area (Å²) in [5, 5.41) is 2.95. The van der Waals surface area contributed by atoms with Crippen molar-refractivity contribution in [2.75, 3.05) is 0 Å². The first-order chi connectivity index (χ1) is 14.5. The lowest BCUT2D eigenvalue weighted by Crippen LogP contribution is -2.68. The lowest BCUT2D eigenvalue weighted by Gasteiger charge is -2.48. The van der Waals surface area contributed by atoms with E-state index in [2.05, 4.69) is 39.2 Å². The van der Waals surface area contributed by atoms with Crippen molar-refractivity contribution >= 4 is 26.0 Å². The zero-order valence-corrected chi connectivity index (χ0v) is 22.3. The smallest absolute Gasteiger partial charge is 0.263 e. The van der Waals surface area contributed by atoms with E-state index in [-0.39, 0.29) is 34.9 Å². The number of amides is 3. The molecule has 8 heteroatoms. The predicted octanol–water partition coefficient (Wildman–Crippen LogP) is 3.97. The van der Waals surface area contributed by atoms with Gasteiger partial charge >= 0.3 is 0 Å². The Morgan fingerprint density at radius 1 is 1.16 bits per heavy atom. The van der Waals surface area contributed by atoms with Gasteiger partial charge in [-0.2, -0.15) is 0 Å². The van der Waals surface area contributed by atoms with Crippen molar-refractivity contribution in [1.82, 2.24) is 10.2 Å². The first kappa shape index (κ1) is 25.4. The van der Waals surface area contributed by atoms with Gasteiger partial charge in [-0.05, 0) is 64.6 Å². The minimum Gasteiger partial charge on any atom is -0.413 e. The molecule has 0 aromatic heterocycles. The van der Waals surface area contributed by atoms with Crippen LogP contribution in [0.4, 0.5) is 0 Å². The summed E-state index contributed by atoms with van der Waals surface area (Å²) in [6, 6.07) is -0.355. The molecule has 1 saturated carbocycles. The number of rotatable bonds is 5. The minimum absolute atomic E-state index is 0.0245. The maximum atomic E-state index is 13.7. The molecular formula is C24H42N2O5Si. The highest BCUT2D eigenvalue weighted by Crippen LogP contribution is 2.46. The lowest BCUT2D eigenvalue weighted by atomic mass is 9.78. The molecule has 3 rings (SSSR count). The van der Waals surface area contributed by atoms with E-state index in [0.29, 0.717) is 12.8 Å². The Bertz CT molecular complexity index is 782. The molecule has 0 bridgehead atoms. The van der Waals surface area contributed by atoms with Crippen LogP contribution in [0, 0.1) is 11.8 Å². The molecular weight excluding hydrogens is 424 g/mol. The third-order valence-corrected chi connectivity index (χ3v) is 12.7. The third-order valence-electron chi connectivity index (χ3n) is 8.15. The van der Waals surface area contributed by atoms with E-state index in [0.717, 1.165) is 19.3 Å². The maximum Gasteiger partial charge on any atom is 0.263 e. The fourth-order valence-corrected chi connectivity index (χ4v) is 6.61. The van der Waals surface area contributed by atoms with Gasteiger partial charge in [0.05, 0.1) is 24.0 Å². The van der Waals surface area contributed by atoms with Crippen LogP contribution in [0.2, 0.25) is 18.1 Å². The van der Waals surface area contributed by atoms with Gasteiger partial charge in [0.2, 0.25) is 11.8 Å². The van der Waals surface area contributed by atoms with Crippen molar-refractivity contribution < 1.29 is 23.5 Å². The second-order valence-corrected chi connectivity index (χ2v) is 16.8. The summed E-state index contributed by atoms with van der Waals surface area (Å²) in [7, 11) is -2.07. The fourth-order valence-electron chi connectivity index (χ4n) is 5.18. The molecule has 7 nitrogen and oxygen atoms in total. The first-order valence-electron chi connectivity index (χ1n) is 12.1. The molecule has 3 aliphatic rings. The van der Waals surface area contributed by atoms with Gasteiger partial charge in [-0.25, -0.2) is 4.90 Å². The molecule has 3 amide bonds. The average molecular weight is 467 g/mol. The van der Waals surface area contributed by atoms with Crippen LogP contribution in [-0.4, -0.2) is 54.4 Å². The Kier molecular flexibility index (Phi) is 6.50. The summed E-state index contributed by atoms with van der Waals surface area (Å²) in [5.74, 6) is -1.56. The van der Waals surface area contributed by atoms with Gasteiger partial charge in [0.25, 0.3) is 5.91 Å². The van der Waals surface area contributed by atoms with Gasteiger partial charge in [0.15, 0.2) is 14.0 Å². The van der Waals surface area contributed by atoms with E-state index in [1.807, 2.05) is 13.8 Å². The van der Waals surface area contributed by atoms with E-state index >= 15 is 0 Å². The van der Waals surface area contributed by atoms with Gasteiger partial charge in [-0.3, -0.25) is 14.4 Å². The number of carbonyl (C=O) groups excluding carboxylic acids is 3. The summed E-state index contributed by atoms with van der Waals surface area (Å²) >= 11 is 0. The molecule has 1 N–H and O–H groups in total. The van der Waals surface area contributed by atoms with Crippen LogP contribution in [-0.2, 0) is 23.5 Å². The van der Waals surface area contributed by atoms with Crippen molar-refractivity contribution in [2.24, 2.45) is 11.8 Å². The van der Waals surface area contributed by atoms with E-state index < -0.39 is 31.5 Å².